The molecule has 266 valence electrons. The third-order valence-electron chi connectivity index (χ3n) is 6.81. The first-order valence-corrected chi connectivity index (χ1v) is 18.3. The highest BCUT2D eigenvalue weighted by Gasteiger charge is 2.51. The molecule has 0 bridgehead atoms. The fourth-order valence-electron chi connectivity index (χ4n) is 4.22. The van der Waals surface area contributed by atoms with E-state index in [1.54, 1.807) is 6.26 Å². The topological polar surface area (TPSA) is 245 Å². The van der Waals surface area contributed by atoms with Gasteiger partial charge in [0.25, 0.3) is 0 Å². The molecule has 0 fully saturated rings. The summed E-state index contributed by atoms with van der Waals surface area (Å²) in [5.41, 5.74) is -5.35. The molecule has 0 radical (unpaired) electrons. The second-order valence-electron chi connectivity index (χ2n) is 10.5. The van der Waals surface area contributed by atoms with Gasteiger partial charge in [0.05, 0.1) is 0 Å². The average molecular weight is 745 g/mol. The van der Waals surface area contributed by atoms with Crippen LogP contribution in [-0.4, -0.2) is 73.3 Å². The van der Waals surface area contributed by atoms with Gasteiger partial charge in [0, 0.05) is 30.9 Å². The van der Waals surface area contributed by atoms with Gasteiger partial charge in [-0.05, 0) is 29.6 Å². The second-order valence-corrected chi connectivity index (χ2v) is 14.8. The molecule has 9 N–H and O–H groups in total. The Hall–Kier alpha value is -3.31. The first-order chi connectivity index (χ1) is 22.0. The summed E-state index contributed by atoms with van der Waals surface area (Å²) >= 11 is 1.36. The lowest BCUT2D eigenvalue weighted by Gasteiger charge is -2.25. The van der Waals surface area contributed by atoms with E-state index in [0.717, 1.165) is 43.3 Å². The van der Waals surface area contributed by atoms with Gasteiger partial charge in [0.15, 0.2) is 0 Å². The molecule has 2 rings (SSSR count). The summed E-state index contributed by atoms with van der Waals surface area (Å²) in [6.07, 6.45) is 1.09. The molecule has 0 unspecified atom stereocenters. The van der Waals surface area contributed by atoms with Gasteiger partial charge in [-0.15, -0.1) is 0 Å². The Morgan fingerprint density at radius 1 is 0.729 bits per heavy atom. The summed E-state index contributed by atoms with van der Waals surface area (Å²) < 4.78 is 78.8. The molecule has 0 spiro atoms. The third-order valence-corrected chi connectivity index (χ3v) is 9.44. The fraction of sp³-hybridized carbons (Fsp3) is 0.407. The smallest absolute Gasteiger partial charge is 0.368 e. The Morgan fingerprint density at radius 2 is 1.10 bits per heavy atom. The van der Waals surface area contributed by atoms with E-state index in [-0.39, 0.29) is 17.5 Å². The van der Waals surface area contributed by atoms with Gasteiger partial charge in [-0.2, -0.15) is 29.3 Å². The summed E-state index contributed by atoms with van der Waals surface area (Å²) in [7, 11) is -11.7. The Morgan fingerprint density at radius 3 is 1.46 bits per heavy atom. The number of hydrogen-bond donors (Lipinski definition) is 8. The van der Waals surface area contributed by atoms with E-state index in [2.05, 4.69) is 16.0 Å². The highest BCUT2D eigenvalue weighted by Crippen LogP contribution is 2.60. The molecule has 3 atom stereocenters. The summed E-state index contributed by atoms with van der Waals surface area (Å²) in [4.78, 5) is 86.5. The number of amides is 4. The largest absolute Gasteiger partial charge is 0.399 e. The normalized spacial score (nSPS) is 14.4. The molecule has 14 nitrogen and oxygen atoms in total. The van der Waals surface area contributed by atoms with E-state index in [1.165, 1.54) is 11.8 Å². The molecule has 21 heteroatoms. The molecule has 0 heterocycles. The monoisotopic (exact) mass is 744 g/mol. The van der Waals surface area contributed by atoms with Crippen LogP contribution < -0.4 is 21.7 Å². The molecule has 0 saturated heterocycles. The van der Waals surface area contributed by atoms with Crippen LogP contribution in [0.5, 0.6) is 0 Å². The van der Waals surface area contributed by atoms with E-state index >= 15 is 0 Å². The molecule has 0 aromatic heterocycles. The first kappa shape index (κ1) is 40.9. The number of hydrogen-bond acceptors (Lipinski definition) is 7. The predicted molar refractivity (Wildman–Crippen MR) is 166 cm³/mol. The van der Waals surface area contributed by atoms with Crippen molar-refractivity contribution >= 4 is 50.6 Å². The van der Waals surface area contributed by atoms with E-state index in [9.17, 15) is 45.9 Å². The molecule has 0 aliphatic rings. The van der Waals surface area contributed by atoms with Crippen molar-refractivity contribution in [2.45, 2.75) is 55.6 Å². The summed E-state index contributed by atoms with van der Waals surface area (Å²) in [6.45, 7) is 1.16. The standard InChI is InChI=1S/C27H34F4N4O10P2S/c1-15(36)33-20(11-12-48-2)24(38)35-22(14-17-5-9-19(10-6-17)27(30,31)47(43,44)45)25(39)34-21(23(32)37)13-16-3-7-18(8-4-16)26(28,29)46(40,41)42/h3-10,20-22H,11-14H2,1-2H3,(H2,32,37)(H,33,36)(H,34,39)(H,35,38)(H2,40,41,42)(H2,43,44,45)/t20-,21-,22-/m0/s1. The first-order valence-electron chi connectivity index (χ1n) is 13.7. The number of carbonyl (C=O) groups excluding carboxylic acids is 4. The number of carbonyl (C=O) groups is 4. The van der Waals surface area contributed by atoms with Crippen LogP contribution in [0.2, 0.25) is 0 Å². The zero-order valence-electron chi connectivity index (χ0n) is 25.3. The van der Waals surface area contributed by atoms with Crippen LogP contribution in [0.1, 0.15) is 35.6 Å². The molecule has 4 amide bonds. The predicted octanol–water partition coefficient (Wildman–Crippen LogP) is 1.64. The van der Waals surface area contributed by atoms with Crippen molar-refractivity contribution in [1.82, 2.24) is 16.0 Å². The molecular formula is C27H34F4N4O10P2S. The molecular weight excluding hydrogens is 710 g/mol. The van der Waals surface area contributed by atoms with Gasteiger partial charge < -0.3 is 41.3 Å². The number of primary amides is 1. The number of nitrogens with one attached hydrogen (secondary N) is 3. The number of thioether (sulfide) groups is 1. The van der Waals surface area contributed by atoms with E-state index in [4.69, 9.17) is 25.3 Å². The van der Waals surface area contributed by atoms with E-state index < -0.39 is 92.2 Å². The SMILES string of the molecule is CSCC[C@H](NC(C)=O)C(=O)N[C@@H](Cc1ccc(C(F)(F)P(=O)(O)O)cc1)C(=O)N[C@@H](Cc1ccc(C(F)(F)P(=O)(O)O)cc1)C(N)=O. The highest BCUT2D eigenvalue weighted by atomic mass is 32.2. The second kappa shape index (κ2) is 16.4. The minimum atomic E-state index is -5.88. The number of halogens is 4. The summed E-state index contributed by atoms with van der Waals surface area (Å²) in [5, 5.41) is 7.21. The lowest BCUT2D eigenvalue weighted by atomic mass is 10.0. The molecule has 0 aliphatic heterocycles. The number of alkyl halides is 4. The van der Waals surface area contributed by atoms with E-state index in [1.807, 2.05) is 0 Å². The zero-order valence-corrected chi connectivity index (χ0v) is 27.9. The quantitative estimate of drug-likeness (QED) is 0.0855. The van der Waals surface area contributed by atoms with Crippen LogP contribution in [0.3, 0.4) is 0 Å². The number of nitrogens with two attached hydrogens (primary N) is 1. The van der Waals surface area contributed by atoms with Crippen LogP contribution >= 0.6 is 27.0 Å². The molecule has 0 saturated carbocycles. The van der Waals surface area contributed by atoms with Gasteiger partial charge in [0.2, 0.25) is 23.6 Å². The Kier molecular flexibility index (Phi) is 14.0. The summed E-state index contributed by atoms with van der Waals surface area (Å²) in [5.74, 6) is -3.07. The van der Waals surface area contributed by atoms with E-state index in [0.29, 0.717) is 17.9 Å². The van der Waals surface area contributed by atoms with Crippen molar-refractivity contribution in [2.75, 3.05) is 12.0 Å². The van der Waals surface area contributed by atoms with Crippen molar-refractivity contribution < 1.29 is 65.4 Å². The van der Waals surface area contributed by atoms with Crippen molar-refractivity contribution in [3.8, 4) is 0 Å². The lowest BCUT2D eigenvalue weighted by Crippen LogP contribution is -2.57. The van der Waals surface area contributed by atoms with Crippen LogP contribution in [0, 0.1) is 0 Å². The third kappa shape index (κ3) is 10.9. The van der Waals surface area contributed by atoms with Gasteiger partial charge in [0.1, 0.15) is 18.1 Å². The number of rotatable bonds is 17. The zero-order chi connectivity index (χ0) is 36.7. The van der Waals surface area contributed by atoms with Crippen LogP contribution in [0.15, 0.2) is 48.5 Å². The number of benzene rings is 2. The Bertz CT molecular complexity index is 1570. The van der Waals surface area contributed by atoms with Crippen molar-refractivity contribution in [1.29, 1.82) is 0 Å². The maximum atomic E-state index is 14.1. The molecule has 2 aromatic carbocycles. The van der Waals surface area contributed by atoms with Gasteiger partial charge >= 0.3 is 26.5 Å². The van der Waals surface area contributed by atoms with Gasteiger partial charge in [-0.25, -0.2) is 0 Å². The molecule has 0 aliphatic carbocycles. The minimum absolute atomic E-state index is 0.123. The van der Waals surface area contributed by atoms with Gasteiger partial charge in [-0.3, -0.25) is 28.3 Å². The fourth-order valence-corrected chi connectivity index (χ4v) is 5.66. The summed E-state index contributed by atoms with van der Waals surface area (Å²) in [6, 6.07) is 2.83. The average Bonchev–Trinajstić information content (AvgIpc) is 2.97. The lowest BCUT2D eigenvalue weighted by molar-refractivity contribution is -0.133. The van der Waals surface area contributed by atoms with Crippen LogP contribution in [0.25, 0.3) is 0 Å². The molecule has 2 aromatic rings. The van der Waals surface area contributed by atoms with Crippen molar-refractivity contribution in [3.05, 3.63) is 70.8 Å². The Balaban J connectivity index is 2.38. The van der Waals surface area contributed by atoms with Crippen LogP contribution in [-0.2, 0) is 52.5 Å². The van der Waals surface area contributed by atoms with Crippen molar-refractivity contribution in [2.24, 2.45) is 5.73 Å². The van der Waals surface area contributed by atoms with Crippen molar-refractivity contribution in [3.63, 3.8) is 0 Å². The Labute approximate surface area is 275 Å². The van der Waals surface area contributed by atoms with Gasteiger partial charge in [-0.1, -0.05) is 48.5 Å². The molecule has 48 heavy (non-hydrogen) atoms. The highest BCUT2D eigenvalue weighted by molar-refractivity contribution is 7.98. The maximum Gasteiger partial charge on any atom is 0.399 e. The maximum absolute atomic E-state index is 14.1. The van der Waals surface area contributed by atoms with Crippen LogP contribution in [0.4, 0.5) is 17.6 Å². The minimum Gasteiger partial charge on any atom is -0.368 e.